The molecule has 1 atom stereocenters. The Labute approximate surface area is 90.2 Å². The van der Waals surface area contributed by atoms with Crippen molar-refractivity contribution in [1.29, 1.82) is 0 Å². The highest BCUT2D eigenvalue weighted by molar-refractivity contribution is 5.79. The third-order valence-electron chi connectivity index (χ3n) is 2.51. The van der Waals surface area contributed by atoms with E-state index in [9.17, 15) is 4.79 Å². The van der Waals surface area contributed by atoms with Gasteiger partial charge < -0.3 is 16.0 Å². The second-order valence-corrected chi connectivity index (χ2v) is 4.00. The monoisotopic (exact) mass is 209 g/mol. The maximum Gasteiger partial charge on any atom is 0.224 e. The molecule has 0 saturated heterocycles. The van der Waals surface area contributed by atoms with Crippen molar-refractivity contribution < 1.29 is 4.79 Å². The van der Waals surface area contributed by atoms with Gasteiger partial charge in [0, 0.05) is 18.4 Å². The maximum absolute atomic E-state index is 11.7. The van der Waals surface area contributed by atoms with Crippen molar-refractivity contribution in [3.05, 3.63) is 24.0 Å². The molecule has 1 aromatic rings. The van der Waals surface area contributed by atoms with Crippen LogP contribution in [-0.4, -0.2) is 17.4 Å². The third-order valence-corrected chi connectivity index (χ3v) is 2.51. The molecule has 4 N–H and O–H groups in total. The van der Waals surface area contributed by atoms with Crippen LogP contribution in [0.4, 0.5) is 0 Å². The number of nitrogens with two attached hydrogens (primary N) is 1. The molecule has 0 aliphatic heterocycles. The first-order valence-electron chi connectivity index (χ1n) is 5.25. The van der Waals surface area contributed by atoms with Crippen molar-refractivity contribution in [3.8, 4) is 0 Å². The van der Waals surface area contributed by atoms with E-state index in [1.807, 2.05) is 32.2 Å². The van der Waals surface area contributed by atoms with E-state index in [1.165, 1.54) is 0 Å². The lowest BCUT2D eigenvalue weighted by molar-refractivity contribution is -0.126. The second kappa shape index (κ2) is 5.56. The van der Waals surface area contributed by atoms with Crippen molar-refractivity contribution in [2.24, 2.45) is 17.6 Å². The molecule has 15 heavy (non-hydrogen) atoms. The molecule has 0 aliphatic rings. The van der Waals surface area contributed by atoms with Crippen LogP contribution in [0.2, 0.25) is 0 Å². The van der Waals surface area contributed by atoms with E-state index in [-0.39, 0.29) is 17.7 Å². The molecule has 0 aliphatic carbocycles. The molecule has 1 heterocycles. The Morgan fingerprint density at radius 2 is 2.33 bits per heavy atom. The van der Waals surface area contributed by atoms with Gasteiger partial charge >= 0.3 is 0 Å². The number of rotatable bonds is 5. The second-order valence-electron chi connectivity index (χ2n) is 4.00. The molecule has 1 aromatic heterocycles. The smallest absolute Gasteiger partial charge is 0.224 e. The first-order valence-corrected chi connectivity index (χ1v) is 5.25. The molecule has 0 fully saturated rings. The standard InChI is InChI=1S/C11H19N3O/c1-8(2)10(6-12)11(15)14-7-9-4-3-5-13-9/h3-5,8,10,13H,6-7,12H2,1-2H3,(H,14,15). The summed E-state index contributed by atoms with van der Waals surface area (Å²) in [5.74, 6) is 0.209. The van der Waals surface area contributed by atoms with E-state index in [1.54, 1.807) is 0 Å². The van der Waals surface area contributed by atoms with Gasteiger partial charge in [-0.25, -0.2) is 0 Å². The summed E-state index contributed by atoms with van der Waals surface area (Å²) in [6, 6.07) is 3.84. The van der Waals surface area contributed by atoms with Gasteiger partial charge in [0.1, 0.15) is 0 Å². The van der Waals surface area contributed by atoms with Crippen molar-refractivity contribution in [1.82, 2.24) is 10.3 Å². The van der Waals surface area contributed by atoms with Crippen molar-refractivity contribution in [2.75, 3.05) is 6.54 Å². The minimum Gasteiger partial charge on any atom is -0.364 e. The molecule has 1 rings (SSSR count). The number of carbonyl (C=O) groups excluding carboxylic acids is 1. The molecule has 0 spiro atoms. The molecule has 4 nitrogen and oxygen atoms in total. The topological polar surface area (TPSA) is 70.9 Å². The van der Waals surface area contributed by atoms with Crippen LogP contribution in [0.15, 0.2) is 18.3 Å². The van der Waals surface area contributed by atoms with E-state index in [0.717, 1.165) is 5.69 Å². The quantitative estimate of drug-likeness (QED) is 0.673. The summed E-state index contributed by atoms with van der Waals surface area (Å²) < 4.78 is 0. The highest BCUT2D eigenvalue weighted by atomic mass is 16.1. The van der Waals surface area contributed by atoms with Crippen LogP contribution >= 0.6 is 0 Å². The number of aromatic nitrogens is 1. The predicted molar refractivity (Wildman–Crippen MR) is 60.0 cm³/mol. The number of nitrogens with one attached hydrogen (secondary N) is 2. The summed E-state index contributed by atoms with van der Waals surface area (Å²) in [6.45, 7) is 4.95. The van der Waals surface area contributed by atoms with Crippen LogP contribution in [0.1, 0.15) is 19.5 Å². The zero-order valence-corrected chi connectivity index (χ0v) is 9.29. The van der Waals surface area contributed by atoms with Gasteiger partial charge in [-0.15, -0.1) is 0 Å². The maximum atomic E-state index is 11.7. The largest absolute Gasteiger partial charge is 0.364 e. The van der Waals surface area contributed by atoms with Crippen molar-refractivity contribution in [2.45, 2.75) is 20.4 Å². The van der Waals surface area contributed by atoms with E-state index in [2.05, 4.69) is 10.3 Å². The van der Waals surface area contributed by atoms with E-state index in [4.69, 9.17) is 5.73 Å². The molecule has 1 unspecified atom stereocenters. The molecule has 0 bridgehead atoms. The number of amides is 1. The first-order chi connectivity index (χ1) is 7.15. The minimum absolute atomic E-state index is 0.0297. The number of aromatic amines is 1. The fourth-order valence-corrected chi connectivity index (χ4v) is 1.47. The van der Waals surface area contributed by atoms with Gasteiger partial charge in [-0.2, -0.15) is 0 Å². The van der Waals surface area contributed by atoms with Gasteiger partial charge in [0.25, 0.3) is 0 Å². The molecule has 1 amide bonds. The summed E-state index contributed by atoms with van der Waals surface area (Å²) in [5, 5.41) is 2.87. The molecule has 4 heteroatoms. The SMILES string of the molecule is CC(C)C(CN)C(=O)NCc1ccc[nH]1. The lowest BCUT2D eigenvalue weighted by Gasteiger charge is -2.17. The Morgan fingerprint density at radius 1 is 1.60 bits per heavy atom. The Balaban J connectivity index is 2.41. The molecular weight excluding hydrogens is 190 g/mol. The Bertz CT molecular complexity index is 293. The fourth-order valence-electron chi connectivity index (χ4n) is 1.47. The van der Waals surface area contributed by atoms with Crippen LogP contribution in [-0.2, 0) is 11.3 Å². The van der Waals surface area contributed by atoms with Gasteiger partial charge in [0.15, 0.2) is 0 Å². The lowest BCUT2D eigenvalue weighted by atomic mass is 9.95. The first kappa shape index (κ1) is 11.8. The van der Waals surface area contributed by atoms with E-state index >= 15 is 0 Å². The van der Waals surface area contributed by atoms with Crippen molar-refractivity contribution in [3.63, 3.8) is 0 Å². The fraction of sp³-hybridized carbons (Fsp3) is 0.545. The zero-order chi connectivity index (χ0) is 11.3. The van der Waals surface area contributed by atoms with Crippen LogP contribution in [0.3, 0.4) is 0 Å². The van der Waals surface area contributed by atoms with E-state index in [0.29, 0.717) is 13.1 Å². The summed E-state index contributed by atoms with van der Waals surface area (Å²) in [5.41, 5.74) is 6.56. The Kier molecular flexibility index (Phi) is 4.37. The number of H-pyrrole nitrogens is 1. The summed E-state index contributed by atoms with van der Waals surface area (Å²) in [6.07, 6.45) is 1.84. The van der Waals surface area contributed by atoms with Gasteiger partial charge in [-0.05, 0) is 18.1 Å². The third kappa shape index (κ3) is 3.40. The van der Waals surface area contributed by atoms with Crippen molar-refractivity contribution >= 4 is 5.91 Å². The molecule has 0 aromatic carbocycles. The summed E-state index contributed by atoms with van der Waals surface area (Å²) in [4.78, 5) is 14.7. The van der Waals surface area contributed by atoms with Crippen LogP contribution in [0, 0.1) is 11.8 Å². The molecule has 0 radical (unpaired) electrons. The minimum atomic E-state index is -0.0973. The number of hydrogen-bond donors (Lipinski definition) is 3. The summed E-state index contributed by atoms with van der Waals surface area (Å²) >= 11 is 0. The molecule has 0 saturated carbocycles. The highest BCUT2D eigenvalue weighted by Gasteiger charge is 2.19. The average Bonchev–Trinajstić information content (AvgIpc) is 2.67. The molecular formula is C11H19N3O. The zero-order valence-electron chi connectivity index (χ0n) is 9.29. The average molecular weight is 209 g/mol. The Hall–Kier alpha value is -1.29. The predicted octanol–water partition coefficient (Wildman–Crippen LogP) is 0.862. The van der Waals surface area contributed by atoms with Gasteiger partial charge in [0.2, 0.25) is 5.91 Å². The lowest BCUT2D eigenvalue weighted by Crippen LogP contribution is -2.37. The van der Waals surface area contributed by atoms with Gasteiger partial charge in [-0.3, -0.25) is 4.79 Å². The van der Waals surface area contributed by atoms with Crippen LogP contribution < -0.4 is 11.1 Å². The Morgan fingerprint density at radius 3 is 2.80 bits per heavy atom. The van der Waals surface area contributed by atoms with Crippen LogP contribution in [0.5, 0.6) is 0 Å². The summed E-state index contributed by atoms with van der Waals surface area (Å²) in [7, 11) is 0. The van der Waals surface area contributed by atoms with Crippen LogP contribution in [0.25, 0.3) is 0 Å². The highest BCUT2D eigenvalue weighted by Crippen LogP contribution is 2.09. The van der Waals surface area contributed by atoms with Gasteiger partial charge in [-0.1, -0.05) is 13.8 Å². The van der Waals surface area contributed by atoms with Gasteiger partial charge in [0.05, 0.1) is 12.5 Å². The molecule has 84 valence electrons. The normalized spacial score (nSPS) is 12.8. The number of hydrogen-bond acceptors (Lipinski definition) is 2. The van der Waals surface area contributed by atoms with E-state index < -0.39 is 0 Å². The number of carbonyl (C=O) groups is 1.